The lowest BCUT2D eigenvalue weighted by Gasteiger charge is -2.06. The lowest BCUT2D eigenvalue weighted by molar-refractivity contribution is 0.584. The van der Waals surface area contributed by atoms with E-state index in [0.717, 1.165) is 0 Å². The van der Waals surface area contributed by atoms with Gasteiger partial charge in [0.25, 0.3) is 0 Å². The predicted molar refractivity (Wildman–Crippen MR) is 43.7 cm³/mol. The van der Waals surface area contributed by atoms with E-state index in [0.29, 0.717) is 6.42 Å². The minimum Gasteiger partial charge on any atom is -0.228 e. The minimum absolute atomic E-state index is 0.0992. The maximum Gasteiger partial charge on any atom is 0.156 e. The highest BCUT2D eigenvalue weighted by atomic mass is 32.2. The van der Waals surface area contributed by atoms with Crippen LogP contribution in [0.4, 0.5) is 0 Å². The Morgan fingerprint density at radius 3 is 2.40 bits per heavy atom. The van der Waals surface area contributed by atoms with Crippen LogP contribution < -0.4 is 0 Å². The minimum atomic E-state index is -2.88. The second-order valence-electron chi connectivity index (χ2n) is 2.34. The average molecular weight is 162 g/mol. The molecule has 0 N–H and O–H groups in total. The van der Waals surface area contributed by atoms with Crippen molar-refractivity contribution in [1.82, 2.24) is 0 Å². The van der Waals surface area contributed by atoms with Crippen LogP contribution in [0.5, 0.6) is 0 Å². The van der Waals surface area contributed by atoms with Gasteiger partial charge >= 0.3 is 0 Å². The van der Waals surface area contributed by atoms with E-state index in [-0.39, 0.29) is 11.0 Å². The van der Waals surface area contributed by atoms with E-state index in [1.807, 2.05) is 6.92 Å². The number of hydrogen-bond donors (Lipinski definition) is 0. The first-order valence-electron chi connectivity index (χ1n) is 3.37. The Morgan fingerprint density at radius 1 is 1.60 bits per heavy atom. The molecule has 1 unspecified atom stereocenters. The molecule has 0 rings (SSSR count). The summed E-state index contributed by atoms with van der Waals surface area (Å²) in [5.41, 5.74) is 0. The highest BCUT2D eigenvalue weighted by Crippen LogP contribution is 2.05. The van der Waals surface area contributed by atoms with E-state index in [1.165, 1.54) is 6.08 Å². The molecule has 60 valence electrons. The predicted octanol–water partition coefficient (Wildman–Crippen LogP) is 1.39. The SMILES string of the molecule is C=CCS(=O)(=O)C(C)CC. The monoisotopic (exact) mass is 162 g/mol. The summed E-state index contributed by atoms with van der Waals surface area (Å²) in [6.07, 6.45) is 2.11. The summed E-state index contributed by atoms with van der Waals surface area (Å²) < 4.78 is 22.2. The largest absolute Gasteiger partial charge is 0.228 e. The summed E-state index contributed by atoms with van der Waals surface area (Å²) in [6, 6.07) is 0. The molecular formula is C7H14O2S. The molecule has 0 spiro atoms. The number of rotatable bonds is 4. The molecule has 0 bridgehead atoms. The van der Waals surface area contributed by atoms with Gasteiger partial charge in [-0.15, -0.1) is 6.58 Å². The number of sulfone groups is 1. The van der Waals surface area contributed by atoms with Crippen LogP contribution in [0.3, 0.4) is 0 Å². The Hall–Kier alpha value is -0.310. The van der Waals surface area contributed by atoms with Gasteiger partial charge < -0.3 is 0 Å². The fourth-order valence-corrected chi connectivity index (χ4v) is 1.75. The van der Waals surface area contributed by atoms with Crippen molar-refractivity contribution >= 4 is 9.84 Å². The molecule has 2 nitrogen and oxygen atoms in total. The molecule has 0 fully saturated rings. The third-order valence-corrected chi connectivity index (χ3v) is 3.80. The summed E-state index contributed by atoms with van der Waals surface area (Å²) in [5, 5.41) is -0.231. The van der Waals surface area contributed by atoms with Crippen molar-refractivity contribution in [2.24, 2.45) is 0 Å². The Morgan fingerprint density at radius 2 is 2.10 bits per heavy atom. The second kappa shape index (κ2) is 3.76. The van der Waals surface area contributed by atoms with E-state index >= 15 is 0 Å². The lowest BCUT2D eigenvalue weighted by atomic mass is 10.4. The molecule has 0 aliphatic heterocycles. The molecule has 0 saturated heterocycles. The molecule has 0 saturated carbocycles. The van der Waals surface area contributed by atoms with Crippen molar-refractivity contribution in [3.8, 4) is 0 Å². The molecule has 1 atom stereocenters. The molecule has 0 radical (unpaired) electrons. The van der Waals surface area contributed by atoms with Crippen molar-refractivity contribution < 1.29 is 8.42 Å². The topological polar surface area (TPSA) is 34.1 Å². The quantitative estimate of drug-likeness (QED) is 0.585. The first-order valence-corrected chi connectivity index (χ1v) is 5.08. The normalized spacial score (nSPS) is 14.6. The molecule has 0 aromatic rings. The Balaban J connectivity index is 4.25. The molecule has 3 heteroatoms. The van der Waals surface area contributed by atoms with Crippen LogP contribution in [0, 0.1) is 0 Å². The molecule has 0 heterocycles. The summed E-state index contributed by atoms with van der Waals surface area (Å²) in [4.78, 5) is 0. The van der Waals surface area contributed by atoms with Gasteiger partial charge in [-0.3, -0.25) is 0 Å². The van der Waals surface area contributed by atoms with Crippen LogP contribution >= 0.6 is 0 Å². The zero-order valence-corrected chi connectivity index (χ0v) is 7.32. The van der Waals surface area contributed by atoms with Gasteiger partial charge in [0.2, 0.25) is 0 Å². The summed E-state index contributed by atoms with van der Waals surface area (Å²) in [6.45, 7) is 6.97. The third kappa shape index (κ3) is 2.52. The fourth-order valence-electron chi connectivity index (χ4n) is 0.582. The fraction of sp³-hybridized carbons (Fsp3) is 0.714. The van der Waals surface area contributed by atoms with Gasteiger partial charge in [-0.1, -0.05) is 13.0 Å². The van der Waals surface area contributed by atoms with E-state index in [9.17, 15) is 8.42 Å². The number of hydrogen-bond acceptors (Lipinski definition) is 2. The van der Waals surface area contributed by atoms with Gasteiger partial charge in [-0.05, 0) is 13.3 Å². The van der Waals surface area contributed by atoms with Gasteiger partial charge in [-0.25, -0.2) is 8.42 Å². The lowest BCUT2D eigenvalue weighted by Crippen LogP contribution is -2.18. The smallest absolute Gasteiger partial charge is 0.156 e. The molecule has 0 aromatic carbocycles. The summed E-state index contributed by atoms with van der Waals surface area (Å²) >= 11 is 0. The van der Waals surface area contributed by atoms with Crippen molar-refractivity contribution in [3.63, 3.8) is 0 Å². The van der Waals surface area contributed by atoms with Crippen LogP contribution in [-0.2, 0) is 9.84 Å². The van der Waals surface area contributed by atoms with E-state index in [4.69, 9.17) is 0 Å². The molecule has 10 heavy (non-hydrogen) atoms. The average Bonchev–Trinajstić information content (AvgIpc) is 1.86. The van der Waals surface area contributed by atoms with Gasteiger partial charge in [0.05, 0.1) is 11.0 Å². The van der Waals surface area contributed by atoms with Gasteiger partial charge in [-0.2, -0.15) is 0 Å². The van der Waals surface area contributed by atoms with Crippen LogP contribution in [0.15, 0.2) is 12.7 Å². The Labute approximate surface area is 62.9 Å². The summed E-state index contributed by atoms with van der Waals surface area (Å²) in [5.74, 6) is 0.0992. The van der Waals surface area contributed by atoms with Crippen LogP contribution in [0.1, 0.15) is 20.3 Å². The van der Waals surface area contributed by atoms with E-state index in [1.54, 1.807) is 6.92 Å². The first kappa shape index (κ1) is 9.69. The Bertz CT molecular complexity index is 192. The van der Waals surface area contributed by atoms with Crippen LogP contribution in [0.2, 0.25) is 0 Å². The van der Waals surface area contributed by atoms with Crippen molar-refractivity contribution in [3.05, 3.63) is 12.7 Å². The van der Waals surface area contributed by atoms with E-state index in [2.05, 4.69) is 6.58 Å². The maximum absolute atomic E-state index is 11.1. The van der Waals surface area contributed by atoms with Gasteiger partial charge in [0, 0.05) is 0 Å². The molecule has 0 aromatic heterocycles. The third-order valence-electron chi connectivity index (χ3n) is 1.54. The molecular weight excluding hydrogens is 148 g/mol. The molecule has 0 aliphatic rings. The van der Waals surface area contributed by atoms with Crippen molar-refractivity contribution in [1.29, 1.82) is 0 Å². The standard InChI is InChI=1S/C7H14O2S/c1-4-6-10(8,9)7(3)5-2/h4,7H,1,5-6H2,2-3H3. The molecule has 0 amide bonds. The van der Waals surface area contributed by atoms with Crippen LogP contribution in [-0.4, -0.2) is 19.4 Å². The van der Waals surface area contributed by atoms with Gasteiger partial charge in [0.1, 0.15) is 0 Å². The van der Waals surface area contributed by atoms with Crippen molar-refractivity contribution in [2.45, 2.75) is 25.5 Å². The zero-order valence-electron chi connectivity index (χ0n) is 6.50. The Kier molecular flexibility index (Phi) is 3.64. The first-order chi connectivity index (χ1) is 4.54. The van der Waals surface area contributed by atoms with Gasteiger partial charge in [0.15, 0.2) is 9.84 Å². The van der Waals surface area contributed by atoms with Crippen molar-refractivity contribution in [2.75, 3.05) is 5.75 Å². The zero-order chi connectivity index (χ0) is 8.20. The van der Waals surface area contributed by atoms with Crippen LogP contribution in [0.25, 0.3) is 0 Å². The molecule has 0 aliphatic carbocycles. The summed E-state index contributed by atoms with van der Waals surface area (Å²) in [7, 11) is -2.88. The highest BCUT2D eigenvalue weighted by Gasteiger charge is 2.15. The highest BCUT2D eigenvalue weighted by molar-refractivity contribution is 7.92. The maximum atomic E-state index is 11.1. The van der Waals surface area contributed by atoms with E-state index < -0.39 is 9.84 Å². The second-order valence-corrected chi connectivity index (χ2v) is 4.80.